The summed E-state index contributed by atoms with van der Waals surface area (Å²) in [4.78, 5) is 78.7. The lowest BCUT2D eigenvalue weighted by molar-refractivity contribution is -0.409. The zero-order valence-electron chi connectivity index (χ0n) is 81.0. The minimum Gasteiger partial charge on any atom is -0.394 e. The molecule has 65 heteroatoms. The van der Waals surface area contributed by atoms with E-state index in [1.54, 1.807) is 0 Å². The molecule has 12 aliphatic rings. The maximum Gasteiger partial charge on any atom is 0.217 e. The Balaban J connectivity index is 0.976. The van der Waals surface area contributed by atoms with Gasteiger partial charge in [-0.05, 0) is 13.8 Å². The molecule has 12 saturated heterocycles. The monoisotopic (exact) mass is 2180 g/mol. The van der Waals surface area contributed by atoms with Crippen LogP contribution in [-0.2, 0) is 138 Å². The molecule has 860 valence electrons. The molecule has 0 aromatic carbocycles. The van der Waals surface area contributed by atoms with Crippen molar-refractivity contribution in [2.75, 3.05) is 66.1 Å². The average molecular weight is 2180 g/mol. The van der Waals surface area contributed by atoms with Gasteiger partial charge in [0.2, 0.25) is 35.4 Å². The number of amides is 6. The first kappa shape index (κ1) is 122. The fourth-order valence-corrected chi connectivity index (χ4v) is 19.4. The third kappa shape index (κ3) is 27.6. The van der Waals surface area contributed by atoms with Gasteiger partial charge in [-0.1, -0.05) is 0 Å². The Labute approximate surface area is 845 Å². The van der Waals surface area contributed by atoms with Gasteiger partial charge in [0.25, 0.3) is 0 Å². The molecule has 65 nitrogen and oxygen atoms in total. The van der Waals surface area contributed by atoms with E-state index in [2.05, 4.69) is 31.9 Å². The quantitative estimate of drug-likeness (QED) is 0.0273. The summed E-state index contributed by atoms with van der Waals surface area (Å²) in [6.45, 7) is -3.92. The van der Waals surface area contributed by atoms with E-state index in [-0.39, 0.29) is 0 Å². The normalized spacial score (nSPS) is 49.0. The molecule has 12 rings (SSSR count). The molecule has 0 spiro atoms. The van der Waals surface area contributed by atoms with E-state index in [0.29, 0.717) is 0 Å². The zero-order valence-corrected chi connectivity index (χ0v) is 81.0. The lowest BCUT2D eigenvalue weighted by Gasteiger charge is -2.53. The van der Waals surface area contributed by atoms with Gasteiger partial charge in [0, 0.05) is 41.5 Å². The van der Waals surface area contributed by atoms with Gasteiger partial charge in [0.05, 0.1) is 78.3 Å². The van der Waals surface area contributed by atoms with Crippen LogP contribution in [0.1, 0.15) is 55.4 Å². The Morgan fingerprint density at radius 3 is 0.913 bits per heavy atom. The molecule has 12 heterocycles. The van der Waals surface area contributed by atoms with Crippen molar-refractivity contribution >= 4 is 35.4 Å². The van der Waals surface area contributed by atoms with Crippen LogP contribution in [0.4, 0.5) is 0 Å². The van der Waals surface area contributed by atoms with E-state index < -0.39 is 470 Å². The minimum atomic E-state index is -2.84. The number of aliphatic hydroxyl groups excluding tert-OH is 30. The van der Waals surface area contributed by atoms with Gasteiger partial charge in [0.1, 0.15) is 280 Å². The molecule has 0 unspecified atom stereocenters. The predicted molar refractivity (Wildman–Crippen MR) is 462 cm³/mol. The van der Waals surface area contributed by atoms with Crippen molar-refractivity contribution in [3.63, 3.8) is 0 Å². The van der Waals surface area contributed by atoms with Crippen LogP contribution in [0.2, 0.25) is 0 Å². The Hall–Kier alpha value is -5.30. The third-order valence-electron chi connectivity index (χ3n) is 27.4. The number of carbonyl (C=O) groups is 6. The highest BCUT2D eigenvalue weighted by molar-refractivity contribution is 5.75. The molecule has 149 heavy (non-hydrogen) atoms. The van der Waals surface area contributed by atoms with Crippen LogP contribution >= 0.6 is 0 Å². The lowest BCUT2D eigenvalue weighted by atomic mass is 9.93. The van der Waals surface area contributed by atoms with Crippen LogP contribution in [0.25, 0.3) is 0 Å². The summed E-state index contributed by atoms with van der Waals surface area (Å²) in [5.74, 6) is -5.87. The molecule has 60 atom stereocenters. The third-order valence-corrected chi connectivity index (χ3v) is 27.4. The van der Waals surface area contributed by atoms with Gasteiger partial charge in [0.15, 0.2) is 75.5 Å². The van der Waals surface area contributed by atoms with E-state index in [1.165, 1.54) is 13.8 Å². The maximum absolute atomic E-state index is 14.0. The Morgan fingerprint density at radius 2 is 0.450 bits per heavy atom. The van der Waals surface area contributed by atoms with Gasteiger partial charge < -0.3 is 294 Å². The molecule has 12 aliphatic heterocycles. The summed E-state index contributed by atoms with van der Waals surface area (Å²) in [6.07, 6.45) is -118. The molecule has 36 N–H and O–H groups in total. The molecule has 0 bridgehead atoms. The van der Waals surface area contributed by atoms with Gasteiger partial charge in [-0.15, -0.1) is 0 Å². The number of rotatable bonds is 38. The second kappa shape index (κ2) is 53.4. The Morgan fingerprint density at radius 1 is 0.188 bits per heavy atom. The molecule has 6 amide bonds. The minimum absolute atomic E-state index is 0.848. The Bertz CT molecular complexity index is 4230. The van der Waals surface area contributed by atoms with Gasteiger partial charge >= 0.3 is 0 Å². The topological polar surface area (TPSA) is 994 Å². The van der Waals surface area contributed by atoms with E-state index in [0.717, 1.165) is 41.5 Å². The second-order valence-electron chi connectivity index (χ2n) is 38.1. The van der Waals surface area contributed by atoms with Crippen LogP contribution in [0.5, 0.6) is 0 Å². The number of aliphatic hydroxyl groups is 30. The first-order valence-electron chi connectivity index (χ1n) is 47.8. The van der Waals surface area contributed by atoms with Crippen molar-refractivity contribution in [2.24, 2.45) is 0 Å². The number of ether oxygens (including phenoxy) is 23. The highest BCUT2D eigenvalue weighted by Gasteiger charge is 2.64. The SMILES string of the molecule is CC(=O)N[C@@H]1[C@@H](O)[C@H](O[C@@H]2O[C@H](CO)[C@@H](O[C@@H]3O[C@H](CO[C@H]4O[C@H](CO[C@@H]5O[C@H](CO)[C@@H](O)[C@H](O)[C@H]5NC(C)=O)[C@@H](O)[C@H](O)[C@@H]4O[C@@H]4O[C@H](CO)[C@@H](O)[C@H](O)[C@H]4NC(C)=O)[C@@H](O)[C@H](O[C@H]4O[C@H](CO)[C@@H](O[C@@H]5O[C@H](CO)[C@@H](O)[C@H](O)[C@H]5NC(C)=O)[C@H](O)[C@@H]4O[C@@H]4O[C@H](CO)[C@@H](O[C@@H]5O[C@H](CO)[C@H](O)[C@H](O)[C@H]5O)[C@H](O[C@@H]5O[C@@H](C)[C@@H](O)[C@@H](O)[C@@H]5O)[C@H]4NC(C)=O)[C@@H]3O)[C@H](O)[C@H]2NC(C)=O)[C@@H](CO[C@@H]2O[C@@H](C)[C@@H](O)[C@@H](O)[C@@H]2O)O[C@H]1O. The van der Waals surface area contributed by atoms with Crippen molar-refractivity contribution in [3.8, 4) is 0 Å². The highest BCUT2D eigenvalue weighted by atomic mass is 16.8. The van der Waals surface area contributed by atoms with E-state index in [9.17, 15) is 182 Å². The molecule has 0 aromatic rings. The van der Waals surface area contributed by atoms with E-state index in [1.807, 2.05) is 0 Å². The van der Waals surface area contributed by atoms with Crippen molar-refractivity contribution in [3.05, 3.63) is 0 Å². The molecule has 0 saturated carbocycles. The molecular formula is C84H140N6O59. The zero-order chi connectivity index (χ0) is 110. The van der Waals surface area contributed by atoms with Crippen LogP contribution in [-0.4, -0.2) is 623 Å². The second-order valence-corrected chi connectivity index (χ2v) is 38.1. The molecule has 12 fully saturated rings. The summed E-state index contributed by atoms with van der Waals surface area (Å²) in [6, 6.07) is -11.8. The standard InChI is InChI=1S/C84H140N6O59/c1-19-43(104)56(117)60(121)79(130-19)128-18-36-67(54(115)37(73(126)132-36)85-21(3)98)143-77-41(89-25(7)102)55(116)65(31(13-95)137-77)144-82-64(125)70(50(111)35(140-82)17-129-83-71(148-76-40(88-24(6)101)53(114)47(108)29(11-93)135-76)59(120)49(110)34(141-83)16-127-74-38(86-22(4)99)51(112)45(106)27(9-91)133-74)147-84-72(63(124)66(32(14-96)139-84)142-75-39(87-23(5)100)52(113)46(107)28(10-92)134-75)149-78-42(90-26(8)103)69(146-80-61(122)57(118)44(105)20(2)131-80)68(33(15-97)138-78)145-81-62(123)58(119)48(109)30(12-94)136-81/h19-20,27-84,91-97,104-126H,9-18H2,1-8H3,(H,85,98)(H,86,99)(H,87,100)(H,88,101)(H,89,102)(H,90,103)/t19-,20-,27+,28+,29+,30+,31+,32+,33+,34+,35+,36+,37+,38+,39+,40+,41+,42+,43+,44+,45+,46+,47+,48-,49+,50+,51+,52+,53+,54+,55+,56+,57+,58-,59-,60-,61-,62+,63-,64-,65+,66+,67+,68+,69+,70-,71-,72-,73+,74+,75-,76-,77-,78-,79+,80-,81-,82-,83-,84+/m0/s1. The van der Waals surface area contributed by atoms with Crippen molar-refractivity contribution in [2.45, 2.75) is 423 Å². The molecule has 0 radical (unpaired) electrons. The smallest absolute Gasteiger partial charge is 0.217 e. The summed E-state index contributed by atoms with van der Waals surface area (Å²) < 4.78 is 141. The number of carbonyl (C=O) groups excluding carboxylic acids is 6. The van der Waals surface area contributed by atoms with Gasteiger partial charge in [-0.25, -0.2) is 0 Å². The highest BCUT2D eigenvalue weighted by Crippen LogP contribution is 2.43. The molecule has 0 aromatic heterocycles. The van der Waals surface area contributed by atoms with E-state index in [4.69, 9.17) is 109 Å². The number of hydrogen-bond acceptors (Lipinski definition) is 59. The molecular weight excluding hydrogens is 2040 g/mol. The lowest BCUT2D eigenvalue weighted by Crippen LogP contribution is -2.72. The average Bonchev–Trinajstić information content (AvgIpc) is 0.749. The predicted octanol–water partition coefficient (Wildman–Crippen LogP) is -24.2. The number of nitrogens with one attached hydrogen (secondary N) is 6. The fraction of sp³-hybridized carbons (Fsp3) is 0.929. The van der Waals surface area contributed by atoms with Gasteiger partial charge in [-0.3, -0.25) is 28.8 Å². The van der Waals surface area contributed by atoms with Crippen molar-refractivity contribution in [1.82, 2.24) is 31.9 Å². The Kier molecular flexibility index (Phi) is 43.8. The van der Waals surface area contributed by atoms with Crippen LogP contribution in [0, 0.1) is 0 Å². The molecule has 0 aliphatic carbocycles. The summed E-state index contributed by atoms with van der Waals surface area (Å²) in [5.41, 5.74) is 0. The summed E-state index contributed by atoms with van der Waals surface area (Å²) in [5, 5.41) is 358. The summed E-state index contributed by atoms with van der Waals surface area (Å²) in [7, 11) is 0. The fourth-order valence-electron chi connectivity index (χ4n) is 19.4. The van der Waals surface area contributed by atoms with Crippen LogP contribution < -0.4 is 31.9 Å². The first-order chi connectivity index (χ1) is 70.3. The first-order valence-corrected chi connectivity index (χ1v) is 47.8. The van der Waals surface area contributed by atoms with Crippen molar-refractivity contribution in [1.29, 1.82) is 0 Å². The van der Waals surface area contributed by atoms with Crippen LogP contribution in [0.15, 0.2) is 0 Å². The largest absolute Gasteiger partial charge is 0.394 e. The van der Waals surface area contributed by atoms with Crippen molar-refractivity contribution < 1.29 is 291 Å². The van der Waals surface area contributed by atoms with Crippen LogP contribution in [0.3, 0.4) is 0 Å². The van der Waals surface area contributed by atoms with E-state index >= 15 is 0 Å². The maximum atomic E-state index is 14.0. The number of hydrogen-bond donors (Lipinski definition) is 36. The van der Waals surface area contributed by atoms with Gasteiger partial charge in [-0.2, -0.15) is 0 Å². The summed E-state index contributed by atoms with van der Waals surface area (Å²) >= 11 is 0.